The molecule has 1 aliphatic rings. The summed E-state index contributed by atoms with van der Waals surface area (Å²) in [4.78, 5) is 2.34. The first-order valence-corrected chi connectivity index (χ1v) is 7.63. The summed E-state index contributed by atoms with van der Waals surface area (Å²) in [6, 6.07) is 4.44. The maximum atomic E-state index is 10.7. The van der Waals surface area contributed by atoms with Gasteiger partial charge in [-0.3, -0.25) is 4.90 Å². The zero-order valence-electron chi connectivity index (χ0n) is 13.7. The minimum Gasteiger partial charge on any atom is -0.496 e. The van der Waals surface area contributed by atoms with Crippen molar-refractivity contribution in [3.05, 3.63) is 28.8 Å². The van der Waals surface area contributed by atoms with Crippen LogP contribution in [0.15, 0.2) is 12.1 Å². The van der Waals surface area contributed by atoms with E-state index in [1.54, 1.807) is 7.11 Å². The molecular formula is C17H27NO3. The third kappa shape index (κ3) is 3.39. The van der Waals surface area contributed by atoms with Gasteiger partial charge in [0.15, 0.2) is 0 Å². The molecule has 4 heteroatoms. The van der Waals surface area contributed by atoms with Crippen LogP contribution in [0.4, 0.5) is 0 Å². The van der Waals surface area contributed by atoms with E-state index in [2.05, 4.69) is 18.7 Å². The summed E-state index contributed by atoms with van der Waals surface area (Å²) >= 11 is 0. The zero-order chi connectivity index (χ0) is 15.6. The summed E-state index contributed by atoms with van der Waals surface area (Å²) in [6.07, 6.45) is -0.877. The lowest BCUT2D eigenvalue weighted by atomic mass is 9.97. The molecule has 1 heterocycles. The molecule has 0 bridgehead atoms. The van der Waals surface area contributed by atoms with Gasteiger partial charge in [-0.15, -0.1) is 0 Å². The van der Waals surface area contributed by atoms with Gasteiger partial charge in [0, 0.05) is 24.7 Å². The van der Waals surface area contributed by atoms with Crippen LogP contribution in [-0.4, -0.2) is 49.0 Å². The van der Waals surface area contributed by atoms with Crippen LogP contribution >= 0.6 is 0 Å². The number of morpholine rings is 1. The first-order valence-electron chi connectivity index (χ1n) is 7.63. The van der Waals surface area contributed by atoms with Crippen LogP contribution in [0.2, 0.25) is 0 Å². The predicted molar refractivity (Wildman–Crippen MR) is 83.9 cm³/mol. The maximum absolute atomic E-state index is 10.7. The van der Waals surface area contributed by atoms with Gasteiger partial charge < -0.3 is 14.6 Å². The standard InChI is InChI=1S/C17H27NO3/c1-11(2)18-8-9-21-15(10-18)16(19)14-7-6-12(3)13(4)17(14)20-5/h6-7,11,15-16,19H,8-10H2,1-5H3. The minimum absolute atomic E-state index is 0.211. The minimum atomic E-state index is -0.666. The molecule has 2 atom stereocenters. The molecule has 1 N–H and O–H groups in total. The fourth-order valence-electron chi connectivity index (χ4n) is 2.87. The highest BCUT2D eigenvalue weighted by molar-refractivity contribution is 5.46. The molecule has 0 aromatic heterocycles. The van der Waals surface area contributed by atoms with Gasteiger partial charge in [0.05, 0.1) is 13.7 Å². The summed E-state index contributed by atoms with van der Waals surface area (Å²) in [5.74, 6) is 0.771. The molecule has 1 saturated heterocycles. The average molecular weight is 293 g/mol. The third-order valence-electron chi connectivity index (χ3n) is 4.44. The SMILES string of the molecule is COc1c(C(O)C2CN(C(C)C)CCO2)ccc(C)c1C. The Labute approximate surface area is 127 Å². The highest BCUT2D eigenvalue weighted by atomic mass is 16.5. The smallest absolute Gasteiger partial charge is 0.127 e. The van der Waals surface area contributed by atoms with Gasteiger partial charge in [-0.1, -0.05) is 12.1 Å². The molecule has 0 saturated carbocycles. The number of nitrogens with zero attached hydrogens (tertiary/aromatic N) is 1. The lowest BCUT2D eigenvalue weighted by molar-refractivity contribution is -0.0966. The number of hydrogen-bond donors (Lipinski definition) is 1. The van der Waals surface area contributed by atoms with Crippen molar-refractivity contribution in [1.29, 1.82) is 0 Å². The summed E-state index contributed by atoms with van der Waals surface area (Å²) < 4.78 is 11.3. The summed E-state index contributed by atoms with van der Waals surface area (Å²) in [6.45, 7) is 10.7. The number of aliphatic hydroxyl groups excluding tert-OH is 1. The summed E-state index contributed by atoms with van der Waals surface area (Å²) in [5.41, 5.74) is 3.05. The molecule has 1 fully saturated rings. The van der Waals surface area contributed by atoms with Crippen molar-refractivity contribution in [2.45, 2.75) is 45.9 Å². The largest absolute Gasteiger partial charge is 0.496 e. The molecule has 0 amide bonds. The van der Waals surface area contributed by atoms with Gasteiger partial charge in [-0.05, 0) is 38.8 Å². The number of aliphatic hydroxyl groups is 1. The van der Waals surface area contributed by atoms with Crippen LogP contribution in [0.1, 0.15) is 36.6 Å². The van der Waals surface area contributed by atoms with E-state index in [9.17, 15) is 5.11 Å². The van der Waals surface area contributed by atoms with Crippen molar-refractivity contribution < 1.29 is 14.6 Å². The Kier molecular flexibility index (Phi) is 5.25. The van der Waals surface area contributed by atoms with E-state index in [1.165, 1.54) is 0 Å². The second-order valence-electron chi connectivity index (χ2n) is 6.07. The zero-order valence-corrected chi connectivity index (χ0v) is 13.7. The van der Waals surface area contributed by atoms with Gasteiger partial charge in [-0.2, -0.15) is 0 Å². The predicted octanol–water partition coefficient (Wildman–Crippen LogP) is 2.45. The van der Waals surface area contributed by atoms with Crippen molar-refractivity contribution in [3.63, 3.8) is 0 Å². The molecule has 0 aliphatic carbocycles. The molecule has 0 spiro atoms. The Morgan fingerprint density at radius 3 is 2.67 bits per heavy atom. The first-order chi connectivity index (χ1) is 9.95. The van der Waals surface area contributed by atoms with Gasteiger partial charge in [0.25, 0.3) is 0 Å². The van der Waals surface area contributed by atoms with Crippen molar-refractivity contribution in [1.82, 2.24) is 4.90 Å². The quantitative estimate of drug-likeness (QED) is 0.926. The Hall–Kier alpha value is -1.10. The highest BCUT2D eigenvalue weighted by Crippen LogP contribution is 2.34. The number of rotatable bonds is 4. The van der Waals surface area contributed by atoms with Crippen molar-refractivity contribution >= 4 is 0 Å². The van der Waals surface area contributed by atoms with Crippen molar-refractivity contribution in [2.75, 3.05) is 26.8 Å². The Morgan fingerprint density at radius 1 is 1.33 bits per heavy atom. The summed E-state index contributed by atoms with van der Waals surface area (Å²) in [7, 11) is 1.65. The molecule has 1 aromatic rings. The van der Waals surface area contributed by atoms with Crippen LogP contribution in [0, 0.1) is 13.8 Å². The average Bonchev–Trinajstić information content (AvgIpc) is 2.49. The van der Waals surface area contributed by atoms with Gasteiger partial charge in [0.2, 0.25) is 0 Å². The van der Waals surface area contributed by atoms with E-state index >= 15 is 0 Å². The molecule has 1 aromatic carbocycles. The van der Waals surface area contributed by atoms with E-state index in [0.29, 0.717) is 12.6 Å². The third-order valence-corrected chi connectivity index (χ3v) is 4.44. The van der Waals surface area contributed by atoms with Crippen LogP contribution in [-0.2, 0) is 4.74 Å². The van der Waals surface area contributed by atoms with Crippen LogP contribution in [0.3, 0.4) is 0 Å². The Balaban J connectivity index is 2.23. The van der Waals surface area contributed by atoms with Crippen molar-refractivity contribution in [2.24, 2.45) is 0 Å². The number of aryl methyl sites for hydroxylation is 1. The molecule has 0 radical (unpaired) electrons. The Bertz CT molecular complexity index is 487. The van der Waals surface area contributed by atoms with Crippen LogP contribution in [0.5, 0.6) is 5.75 Å². The fourth-order valence-corrected chi connectivity index (χ4v) is 2.87. The maximum Gasteiger partial charge on any atom is 0.127 e. The molecule has 21 heavy (non-hydrogen) atoms. The van der Waals surface area contributed by atoms with E-state index in [-0.39, 0.29) is 6.10 Å². The van der Waals surface area contributed by atoms with Gasteiger partial charge in [-0.25, -0.2) is 0 Å². The second-order valence-corrected chi connectivity index (χ2v) is 6.07. The molecule has 2 unspecified atom stereocenters. The molecule has 1 aliphatic heterocycles. The van der Waals surface area contributed by atoms with E-state index < -0.39 is 6.10 Å². The monoisotopic (exact) mass is 293 g/mol. The normalized spacial score (nSPS) is 21.6. The molecule has 2 rings (SSSR count). The van der Waals surface area contributed by atoms with Crippen molar-refractivity contribution in [3.8, 4) is 5.75 Å². The van der Waals surface area contributed by atoms with E-state index in [4.69, 9.17) is 9.47 Å². The van der Waals surface area contributed by atoms with Crippen LogP contribution < -0.4 is 4.74 Å². The topological polar surface area (TPSA) is 41.9 Å². The highest BCUT2D eigenvalue weighted by Gasteiger charge is 2.31. The van der Waals surface area contributed by atoms with E-state index in [0.717, 1.165) is 35.5 Å². The lowest BCUT2D eigenvalue weighted by Crippen LogP contribution is -2.47. The van der Waals surface area contributed by atoms with Gasteiger partial charge >= 0.3 is 0 Å². The second kappa shape index (κ2) is 6.77. The number of hydrogen-bond acceptors (Lipinski definition) is 4. The fraction of sp³-hybridized carbons (Fsp3) is 0.647. The Morgan fingerprint density at radius 2 is 2.05 bits per heavy atom. The van der Waals surface area contributed by atoms with Crippen LogP contribution in [0.25, 0.3) is 0 Å². The lowest BCUT2D eigenvalue weighted by Gasteiger charge is -2.37. The number of benzene rings is 1. The summed E-state index contributed by atoms with van der Waals surface area (Å²) in [5, 5.41) is 10.7. The van der Waals surface area contributed by atoms with E-state index in [1.807, 2.05) is 26.0 Å². The first kappa shape index (κ1) is 16.3. The molecule has 4 nitrogen and oxygen atoms in total. The molecule has 118 valence electrons. The number of ether oxygens (including phenoxy) is 2. The number of methoxy groups -OCH3 is 1. The molecular weight excluding hydrogens is 266 g/mol. The van der Waals surface area contributed by atoms with Gasteiger partial charge in [0.1, 0.15) is 18.0 Å².